The van der Waals surface area contributed by atoms with Crippen molar-refractivity contribution in [3.63, 3.8) is 0 Å². The molecule has 0 bridgehead atoms. The van der Waals surface area contributed by atoms with Crippen LogP contribution in [0, 0.1) is 13.8 Å². The van der Waals surface area contributed by atoms with Crippen molar-refractivity contribution in [2.24, 2.45) is 0 Å². The number of hydrogen-bond donors (Lipinski definition) is 0. The number of fused-ring (bicyclic) bond motifs is 4. The minimum absolute atomic E-state index is 0.835. The Hall–Kier alpha value is -6.19. The van der Waals surface area contributed by atoms with Crippen molar-refractivity contribution < 1.29 is 4.52 Å². The Kier molecular flexibility index (Phi) is 6.58. The maximum absolute atomic E-state index is 5.67. The van der Waals surface area contributed by atoms with E-state index in [1.165, 1.54) is 59.8 Å². The molecule has 1 heterocycles. The molecular formula is C45H32N2O. The lowest BCUT2D eigenvalue weighted by Crippen LogP contribution is -2.11. The lowest BCUT2D eigenvalue weighted by atomic mass is 9.85. The highest BCUT2D eigenvalue weighted by atomic mass is 16.5. The van der Waals surface area contributed by atoms with E-state index in [0.29, 0.717) is 0 Å². The fraction of sp³-hybridized carbons (Fsp3) is 0.0444. The van der Waals surface area contributed by atoms with Crippen LogP contribution in [0.3, 0.4) is 0 Å². The number of nitrogens with zero attached hydrogens (tertiary/aromatic N) is 2. The fourth-order valence-electron chi connectivity index (χ4n) is 7.54. The lowest BCUT2D eigenvalue weighted by molar-refractivity contribution is 0.393. The summed E-state index contributed by atoms with van der Waals surface area (Å²) in [4.78, 5) is 2.41. The van der Waals surface area contributed by atoms with Crippen molar-refractivity contribution in [1.29, 1.82) is 0 Å². The van der Waals surface area contributed by atoms with E-state index in [4.69, 9.17) is 4.52 Å². The van der Waals surface area contributed by atoms with Gasteiger partial charge in [0.1, 0.15) is 5.76 Å². The van der Waals surface area contributed by atoms with Crippen molar-refractivity contribution >= 4 is 60.2 Å². The molecule has 0 amide bonds. The Morgan fingerprint density at radius 2 is 0.854 bits per heavy atom. The Morgan fingerprint density at radius 3 is 1.33 bits per heavy atom. The second-order valence-electron chi connectivity index (χ2n) is 12.4. The molecule has 0 spiro atoms. The van der Waals surface area contributed by atoms with Gasteiger partial charge in [0, 0.05) is 27.6 Å². The predicted octanol–water partition coefficient (Wildman–Crippen LogP) is 12.7. The molecule has 0 aliphatic rings. The Morgan fingerprint density at radius 1 is 0.417 bits per heavy atom. The summed E-state index contributed by atoms with van der Waals surface area (Å²) in [5.41, 5.74) is 8.96. The van der Waals surface area contributed by atoms with Crippen molar-refractivity contribution in [3.05, 3.63) is 169 Å². The second-order valence-corrected chi connectivity index (χ2v) is 12.4. The molecule has 0 atom stereocenters. The third-order valence-corrected chi connectivity index (χ3v) is 9.64. The first kappa shape index (κ1) is 28.1. The average Bonchev–Trinajstić information content (AvgIpc) is 3.47. The van der Waals surface area contributed by atoms with Crippen molar-refractivity contribution in [2.75, 3.05) is 4.90 Å². The van der Waals surface area contributed by atoms with E-state index in [1.807, 2.05) is 13.8 Å². The van der Waals surface area contributed by atoms with E-state index in [-0.39, 0.29) is 0 Å². The summed E-state index contributed by atoms with van der Waals surface area (Å²) in [5, 5.41) is 14.0. The van der Waals surface area contributed by atoms with Crippen LogP contribution in [0.1, 0.15) is 11.5 Å². The van der Waals surface area contributed by atoms with Crippen LogP contribution in [0.15, 0.2) is 162 Å². The predicted molar refractivity (Wildman–Crippen MR) is 202 cm³/mol. The second kappa shape index (κ2) is 11.3. The first-order valence-corrected chi connectivity index (χ1v) is 16.4. The number of rotatable bonds is 5. The standard InChI is InChI=1S/C45H32N2O/c1-29-43(30(2)48-46-29)45-39-21-9-7-19-37(39)44(38-20-8-10-22-40(38)45)33-25-27-34(28-26-33)47(41-23-11-15-31-13-3-5-17-35(31)41)42-24-12-16-32-14-4-6-18-36(32)42/h3-28H,1-2H3. The van der Waals surface area contributed by atoms with E-state index in [0.717, 1.165) is 34.1 Å². The van der Waals surface area contributed by atoms with Crippen LogP contribution >= 0.6 is 0 Å². The molecule has 9 rings (SSSR count). The van der Waals surface area contributed by atoms with Crippen molar-refractivity contribution in [2.45, 2.75) is 13.8 Å². The molecule has 0 aliphatic heterocycles. The Balaban J connectivity index is 1.28. The van der Waals surface area contributed by atoms with Gasteiger partial charge in [-0.15, -0.1) is 0 Å². The third-order valence-electron chi connectivity index (χ3n) is 9.64. The number of hydrogen-bond acceptors (Lipinski definition) is 3. The largest absolute Gasteiger partial charge is 0.361 e. The number of aromatic nitrogens is 1. The molecule has 0 fully saturated rings. The molecule has 1 aromatic heterocycles. The van der Waals surface area contributed by atoms with Gasteiger partial charge >= 0.3 is 0 Å². The maximum Gasteiger partial charge on any atom is 0.141 e. The van der Waals surface area contributed by atoms with Crippen LogP contribution in [-0.2, 0) is 0 Å². The SMILES string of the molecule is Cc1noc(C)c1-c1c2ccccc2c(-c2ccc(N(c3cccc4ccccc34)c3cccc4ccccc34)cc2)c2ccccc12. The number of aryl methyl sites for hydroxylation is 2. The van der Waals surface area contributed by atoms with Crippen LogP contribution in [-0.4, -0.2) is 5.16 Å². The molecule has 48 heavy (non-hydrogen) atoms. The molecule has 0 saturated heterocycles. The minimum atomic E-state index is 0.835. The van der Waals surface area contributed by atoms with E-state index in [9.17, 15) is 0 Å². The lowest BCUT2D eigenvalue weighted by Gasteiger charge is -2.28. The molecule has 228 valence electrons. The quantitative estimate of drug-likeness (QED) is 0.180. The molecule has 3 heteroatoms. The summed E-state index contributed by atoms with van der Waals surface area (Å²) in [6, 6.07) is 57.0. The van der Waals surface area contributed by atoms with Crippen LogP contribution in [0.2, 0.25) is 0 Å². The van der Waals surface area contributed by atoms with Gasteiger partial charge in [0.05, 0.1) is 17.1 Å². The fourth-order valence-corrected chi connectivity index (χ4v) is 7.54. The van der Waals surface area contributed by atoms with Gasteiger partial charge in [-0.05, 0) is 81.6 Å². The number of anilines is 3. The van der Waals surface area contributed by atoms with Gasteiger partial charge in [-0.25, -0.2) is 0 Å². The maximum atomic E-state index is 5.67. The average molecular weight is 617 g/mol. The molecule has 3 nitrogen and oxygen atoms in total. The molecule has 9 aromatic rings. The summed E-state index contributed by atoms with van der Waals surface area (Å²) in [6.07, 6.45) is 0. The van der Waals surface area contributed by atoms with Crippen molar-refractivity contribution in [3.8, 4) is 22.3 Å². The number of benzene rings is 8. The smallest absolute Gasteiger partial charge is 0.141 e. The van der Waals surface area contributed by atoms with Crippen LogP contribution in [0.4, 0.5) is 17.1 Å². The van der Waals surface area contributed by atoms with Crippen molar-refractivity contribution in [1.82, 2.24) is 5.16 Å². The van der Waals surface area contributed by atoms with Gasteiger partial charge in [-0.3, -0.25) is 0 Å². The zero-order valence-corrected chi connectivity index (χ0v) is 26.8. The first-order chi connectivity index (χ1) is 23.7. The highest BCUT2D eigenvalue weighted by Gasteiger charge is 2.22. The van der Waals surface area contributed by atoms with Gasteiger partial charge in [0.25, 0.3) is 0 Å². The third kappa shape index (κ3) is 4.39. The van der Waals surface area contributed by atoms with Crippen LogP contribution in [0.25, 0.3) is 65.3 Å². The van der Waals surface area contributed by atoms with E-state index >= 15 is 0 Å². The topological polar surface area (TPSA) is 29.3 Å². The van der Waals surface area contributed by atoms with Crippen LogP contribution in [0.5, 0.6) is 0 Å². The summed E-state index contributed by atoms with van der Waals surface area (Å²) in [5.74, 6) is 0.835. The summed E-state index contributed by atoms with van der Waals surface area (Å²) in [7, 11) is 0. The van der Waals surface area contributed by atoms with E-state index < -0.39 is 0 Å². The van der Waals surface area contributed by atoms with Gasteiger partial charge in [0.15, 0.2) is 0 Å². The van der Waals surface area contributed by atoms with Crippen LogP contribution < -0.4 is 4.90 Å². The highest BCUT2D eigenvalue weighted by molar-refractivity contribution is 6.21. The molecule has 8 aromatic carbocycles. The van der Waals surface area contributed by atoms with Gasteiger partial charge < -0.3 is 9.42 Å². The molecule has 0 unspecified atom stereocenters. The monoisotopic (exact) mass is 616 g/mol. The van der Waals surface area contributed by atoms with E-state index in [1.54, 1.807) is 0 Å². The molecular weight excluding hydrogens is 585 g/mol. The summed E-state index contributed by atoms with van der Waals surface area (Å²) in [6.45, 7) is 4.03. The van der Waals surface area contributed by atoms with Gasteiger partial charge in [-0.2, -0.15) is 0 Å². The molecule has 0 radical (unpaired) electrons. The van der Waals surface area contributed by atoms with Gasteiger partial charge in [-0.1, -0.05) is 139 Å². The summed E-state index contributed by atoms with van der Waals surface area (Å²) < 4.78 is 5.67. The first-order valence-electron chi connectivity index (χ1n) is 16.4. The molecule has 0 saturated carbocycles. The van der Waals surface area contributed by atoms with Gasteiger partial charge in [0.2, 0.25) is 0 Å². The molecule has 0 N–H and O–H groups in total. The summed E-state index contributed by atoms with van der Waals surface area (Å²) >= 11 is 0. The minimum Gasteiger partial charge on any atom is -0.361 e. The Bertz CT molecular complexity index is 2480. The molecule has 0 aliphatic carbocycles. The normalized spacial score (nSPS) is 11.5. The highest BCUT2D eigenvalue weighted by Crippen LogP contribution is 2.47. The Labute approximate surface area is 279 Å². The zero-order valence-electron chi connectivity index (χ0n) is 26.8. The zero-order chi connectivity index (χ0) is 32.2. The van der Waals surface area contributed by atoms with E-state index in [2.05, 4.69) is 168 Å².